The van der Waals surface area contributed by atoms with Crippen molar-refractivity contribution in [2.45, 2.75) is 26.8 Å². The number of hydrogen-bond donors (Lipinski definition) is 0. The monoisotopic (exact) mass is 269 g/mol. The van der Waals surface area contributed by atoms with Crippen LogP contribution in [-0.2, 0) is 0 Å². The maximum atomic E-state index is 4.64. The van der Waals surface area contributed by atoms with Crippen molar-refractivity contribution in [3.63, 3.8) is 0 Å². The van der Waals surface area contributed by atoms with Gasteiger partial charge in [-0.2, -0.15) is 0 Å². The molecule has 3 rings (SSSR count). The largest absolute Gasteiger partial charge is 0.368 e. The van der Waals surface area contributed by atoms with Gasteiger partial charge in [0.15, 0.2) is 0 Å². The summed E-state index contributed by atoms with van der Waals surface area (Å²) < 4.78 is 0. The zero-order valence-electron chi connectivity index (χ0n) is 12.6. The molecule has 2 heterocycles. The van der Waals surface area contributed by atoms with E-state index >= 15 is 0 Å². The van der Waals surface area contributed by atoms with Crippen molar-refractivity contribution in [1.29, 1.82) is 0 Å². The van der Waals surface area contributed by atoms with Crippen LogP contribution in [0, 0.1) is 6.92 Å². The summed E-state index contributed by atoms with van der Waals surface area (Å²) in [5, 5.41) is 1.27. The van der Waals surface area contributed by atoms with Crippen molar-refractivity contribution in [1.82, 2.24) is 9.88 Å². The molecule has 1 aliphatic rings. The zero-order chi connectivity index (χ0) is 14.1. The highest BCUT2D eigenvalue weighted by Crippen LogP contribution is 2.27. The summed E-state index contributed by atoms with van der Waals surface area (Å²) >= 11 is 0. The van der Waals surface area contributed by atoms with E-state index in [1.807, 2.05) is 0 Å². The number of piperazine rings is 1. The van der Waals surface area contributed by atoms with Crippen LogP contribution in [0.1, 0.15) is 19.5 Å². The lowest BCUT2D eigenvalue weighted by atomic mass is 10.1. The lowest BCUT2D eigenvalue weighted by Crippen LogP contribution is -2.49. The van der Waals surface area contributed by atoms with Crippen LogP contribution < -0.4 is 4.90 Å². The van der Waals surface area contributed by atoms with Gasteiger partial charge in [-0.05, 0) is 32.9 Å². The van der Waals surface area contributed by atoms with Gasteiger partial charge in [0, 0.05) is 49.0 Å². The number of hydrogen-bond acceptors (Lipinski definition) is 3. The summed E-state index contributed by atoms with van der Waals surface area (Å²) in [6, 6.07) is 11.3. The highest BCUT2D eigenvalue weighted by Gasteiger charge is 2.20. The predicted molar refractivity (Wildman–Crippen MR) is 85.4 cm³/mol. The molecule has 106 valence electrons. The first-order valence-electron chi connectivity index (χ1n) is 7.50. The molecule has 1 aliphatic heterocycles. The van der Waals surface area contributed by atoms with Gasteiger partial charge in [0.25, 0.3) is 0 Å². The van der Waals surface area contributed by atoms with Gasteiger partial charge in [0.1, 0.15) is 0 Å². The molecule has 0 amide bonds. The molecule has 20 heavy (non-hydrogen) atoms. The maximum Gasteiger partial charge on any atom is 0.0726 e. The second kappa shape index (κ2) is 5.41. The third-order valence-electron chi connectivity index (χ3n) is 4.21. The van der Waals surface area contributed by atoms with Crippen LogP contribution in [0.2, 0.25) is 0 Å². The number of nitrogens with zero attached hydrogens (tertiary/aromatic N) is 3. The summed E-state index contributed by atoms with van der Waals surface area (Å²) in [7, 11) is 0. The third-order valence-corrected chi connectivity index (χ3v) is 4.21. The van der Waals surface area contributed by atoms with Gasteiger partial charge in [-0.25, -0.2) is 0 Å². The van der Waals surface area contributed by atoms with Crippen molar-refractivity contribution in [2.75, 3.05) is 31.1 Å². The number of aryl methyl sites for hydroxylation is 1. The lowest BCUT2D eigenvalue weighted by Gasteiger charge is -2.38. The van der Waals surface area contributed by atoms with Gasteiger partial charge < -0.3 is 4.90 Å². The Hall–Kier alpha value is -1.61. The van der Waals surface area contributed by atoms with Crippen molar-refractivity contribution >= 4 is 16.6 Å². The molecule has 0 radical (unpaired) electrons. The van der Waals surface area contributed by atoms with Crippen LogP contribution in [0.5, 0.6) is 0 Å². The highest BCUT2D eigenvalue weighted by molar-refractivity contribution is 5.92. The summed E-state index contributed by atoms with van der Waals surface area (Å²) in [5.74, 6) is 0. The molecule has 1 saturated heterocycles. The molecular formula is C17H23N3. The van der Waals surface area contributed by atoms with E-state index in [9.17, 15) is 0 Å². The van der Waals surface area contributed by atoms with E-state index in [-0.39, 0.29) is 0 Å². The van der Waals surface area contributed by atoms with Crippen LogP contribution >= 0.6 is 0 Å². The van der Waals surface area contributed by atoms with Crippen molar-refractivity contribution < 1.29 is 0 Å². The summed E-state index contributed by atoms with van der Waals surface area (Å²) in [6.45, 7) is 11.1. The van der Waals surface area contributed by atoms with Crippen LogP contribution in [-0.4, -0.2) is 42.1 Å². The number of para-hydroxylation sites is 1. The summed E-state index contributed by atoms with van der Waals surface area (Å²) in [6.07, 6.45) is 0. The molecule has 2 aromatic rings. The van der Waals surface area contributed by atoms with E-state index in [1.165, 1.54) is 11.1 Å². The standard InChI is InChI=1S/C17H23N3/c1-13(2)19-8-10-20(11-9-19)17-12-14(3)18-16-7-5-4-6-15(16)17/h4-7,12-13H,8-11H2,1-3H3. The van der Waals surface area contributed by atoms with Gasteiger partial charge in [-0.3, -0.25) is 9.88 Å². The quantitative estimate of drug-likeness (QED) is 0.835. The topological polar surface area (TPSA) is 19.4 Å². The van der Waals surface area contributed by atoms with Gasteiger partial charge in [-0.1, -0.05) is 18.2 Å². The van der Waals surface area contributed by atoms with E-state index in [0.717, 1.165) is 37.4 Å². The van der Waals surface area contributed by atoms with E-state index in [0.29, 0.717) is 6.04 Å². The van der Waals surface area contributed by atoms with Gasteiger partial charge in [0.05, 0.1) is 5.52 Å². The number of aromatic nitrogens is 1. The lowest BCUT2D eigenvalue weighted by molar-refractivity contribution is 0.209. The minimum Gasteiger partial charge on any atom is -0.368 e. The Morgan fingerprint density at radius 1 is 1.05 bits per heavy atom. The molecule has 0 aliphatic carbocycles. The molecular weight excluding hydrogens is 246 g/mol. The average molecular weight is 269 g/mol. The molecule has 0 spiro atoms. The highest BCUT2D eigenvalue weighted by atomic mass is 15.3. The molecule has 0 unspecified atom stereocenters. The SMILES string of the molecule is Cc1cc(N2CCN(C(C)C)CC2)c2ccccc2n1. The van der Waals surface area contributed by atoms with Crippen molar-refractivity contribution in [3.8, 4) is 0 Å². The normalized spacial score (nSPS) is 17.1. The smallest absolute Gasteiger partial charge is 0.0726 e. The number of pyridine rings is 1. The Bertz CT molecular complexity index is 598. The second-order valence-electron chi connectivity index (χ2n) is 5.92. The summed E-state index contributed by atoms with van der Waals surface area (Å²) in [5.41, 5.74) is 3.55. The number of fused-ring (bicyclic) bond motifs is 1. The number of benzene rings is 1. The average Bonchev–Trinajstić information content (AvgIpc) is 2.46. The number of rotatable bonds is 2. The van der Waals surface area contributed by atoms with Crippen LogP contribution in [0.25, 0.3) is 10.9 Å². The fourth-order valence-electron chi connectivity index (χ4n) is 3.03. The molecule has 3 nitrogen and oxygen atoms in total. The minimum absolute atomic E-state index is 0.646. The molecule has 1 fully saturated rings. The maximum absolute atomic E-state index is 4.64. The van der Waals surface area contributed by atoms with E-state index in [1.54, 1.807) is 0 Å². The summed E-state index contributed by atoms with van der Waals surface area (Å²) in [4.78, 5) is 9.70. The Morgan fingerprint density at radius 3 is 2.45 bits per heavy atom. The second-order valence-corrected chi connectivity index (χ2v) is 5.92. The zero-order valence-corrected chi connectivity index (χ0v) is 12.6. The van der Waals surface area contributed by atoms with E-state index in [4.69, 9.17) is 0 Å². The van der Waals surface area contributed by atoms with Gasteiger partial charge in [0.2, 0.25) is 0 Å². The van der Waals surface area contributed by atoms with Crippen molar-refractivity contribution in [2.24, 2.45) is 0 Å². The molecule has 0 atom stereocenters. The predicted octanol–water partition coefficient (Wildman–Crippen LogP) is 3.07. The molecule has 1 aromatic heterocycles. The van der Waals surface area contributed by atoms with E-state index < -0.39 is 0 Å². The fraction of sp³-hybridized carbons (Fsp3) is 0.471. The van der Waals surface area contributed by atoms with E-state index in [2.05, 4.69) is 65.9 Å². The first kappa shape index (κ1) is 13.4. The molecule has 0 bridgehead atoms. The van der Waals surface area contributed by atoms with Gasteiger partial charge in [-0.15, -0.1) is 0 Å². The van der Waals surface area contributed by atoms with Crippen molar-refractivity contribution in [3.05, 3.63) is 36.0 Å². The molecule has 3 heteroatoms. The van der Waals surface area contributed by atoms with Crippen LogP contribution in [0.15, 0.2) is 30.3 Å². The molecule has 1 aromatic carbocycles. The third kappa shape index (κ3) is 2.50. The Morgan fingerprint density at radius 2 is 1.75 bits per heavy atom. The Balaban J connectivity index is 1.91. The Labute approximate surface area is 121 Å². The fourth-order valence-corrected chi connectivity index (χ4v) is 3.03. The van der Waals surface area contributed by atoms with Crippen LogP contribution in [0.3, 0.4) is 0 Å². The first-order valence-corrected chi connectivity index (χ1v) is 7.50. The number of anilines is 1. The molecule has 0 saturated carbocycles. The van der Waals surface area contributed by atoms with Gasteiger partial charge >= 0.3 is 0 Å². The minimum atomic E-state index is 0.646. The Kier molecular flexibility index (Phi) is 3.62. The molecule has 0 N–H and O–H groups in total. The first-order chi connectivity index (χ1) is 9.65. The van der Waals surface area contributed by atoms with Crippen LogP contribution in [0.4, 0.5) is 5.69 Å².